The Morgan fingerprint density at radius 1 is 1.32 bits per heavy atom. The number of nitrogens with zero attached hydrogens (tertiary/aromatic N) is 2. The molecular weight excluding hydrogens is 266 g/mol. The second kappa shape index (κ2) is 5.59. The Bertz CT molecular complexity index is 718. The van der Waals surface area contributed by atoms with Crippen molar-refractivity contribution in [3.63, 3.8) is 0 Å². The summed E-state index contributed by atoms with van der Waals surface area (Å²) in [4.78, 5) is 24.5. The van der Waals surface area contributed by atoms with E-state index in [-0.39, 0.29) is 11.2 Å². The van der Waals surface area contributed by atoms with Gasteiger partial charge in [0.1, 0.15) is 0 Å². The summed E-state index contributed by atoms with van der Waals surface area (Å²) in [5.41, 5.74) is -0.0666. The van der Waals surface area contributed by atoms with Crippen molar-refractivity contribution >= 4 is 22.5 Å². The monoisotopic (exact) mass is 281 g/mol. The second-order valence-electron chi connectivity index (χ2n) is 4.39. The molecule has 0 aliphatic carbocycles. The summed E-state index contributed by atoms with van der Waals surface area (Å²) in [5, 5.41) is 3.76. The first-order valence-electron chi connectivity index (χ1n) is 6.10. The van der Waals surface area contributed by atoms with Gasteiger partial charge in [-0.2, -0.15) is 0 Å². The summed E-state index contributed by atoms with van der Waals surface area (Å²) in [7, 11) is 3.48. The summed E-state index contributed by atoms with van der Waals surface area (Å²) in [5.74, 6) is 0. The summed E-state index contributed by atoms with van der Waals surface area (Å²) in [6.45, 7) is 1.13. The molecule has 0 saturated heterocycles. The maximum absolute atomic E-state index is 12.4. The van der Waals surface area contributed by atoms with Gasteiger partial charge in [-0.15, -0.1) is 0 Å². The third-order valence-corrected chi connectivity index (χ3v) is 3.45. The van der Waals surface area contributed by atoms with Crippen LogP contribution in [0.1, 0.15) is 6.42 Å². The Kier molecular flexibility index (Phi) is 4.07. The highest BCUT2D eigenvalue weighted by atomic mass is 35.5. The van der Waals surface area contributed by atoms with Crippen LogP contribution in [0.3, 0.4) is 0 Å². The second-order valence-corrected chi connectivity index (χ2v) is 4.80. The molecule has 0 amide bonds. The Hall–Kier alpha value is -1.59. The fraction of sp³-hybridized carbons (Fsp3) is 0.385. The van der Waals surface area contributed by atoms with Crippen molar-refractivity contribution in [3.8, 4) is 0 Å². The summed E-state index contributed by atoms with van der Waals surface area (Å²) in [6.07, 6.45) is 0.710. The van der Waals surface area contributed by atoms with E-state index in [1.54, 1.807) is 25.2 Å². The molecule has 0 aliphatic rings. The number of hydrogen-bond donors (Lipinski definition) is 1. The van der Waals surface area contributed by atoms with E-state index >= 15 is 0 Å². The average Bonchev–Trinajstić information content (AvgIpc) is 2.40. The minimum Gasteiger partial charge on any atom is -0.320 e. The van der Waals surface area contributed by atoms with Crippen LogP contribution < -0.4 is 16.6 Å². The molecule has 0 spiro atoms. The minimum absolute atomic E-state index is 0.309. The highest BCUT2D eigenvalue weighted by molar-refractivity contribution is 6.35. The minimum atomic E-state index is -0.320. The van der Waals surface area contributed by atoms with Gasteiger partial charge in [-0.05, 0) is 32.1 Å². The molecule has 102 valence electrons. The fourth-order valence-corrected chi connectivity index (χ4v) is 2.37. The molecule has 1 aromatic heterocycles. The van der Waals surface area contributed by atoms with Crippen molar-refractivity contribution in [1.82, 2.24) is 14.5 Å². The molecule has 0 fully saturated rings. The quantitative estimate of drug-likeness (QED) is 0.850. The van der Waals surface area contributed by atoms with Crippen LogP contribution in [0.5, 0.6) is 0 Å². The van der Waals surface area contributed by atoms with Crippen molar-refractivity contribution < 1.29 is 0 Å². The Morgan fingerprint density at radius 3 is 2.74 bits per heavy atom. The summed E-state index contributed by atoms with van der Waals surface area (Å²) in [6, 6.07) is 5.12. The number of fused-ring (bicyclic) bond motifs is 1. The van der Waals surface area contributed by atoms with E-state index in [0.717, 1.165) is 6.54 Å². The van der Waals surface area contributed by atoms with Gasteiger partial charge in [0.15, 0.2) is 0 Å². The van der Waals surface area contributed by atoms with Gasteiger partial charge >= 0.3 is 5.69 Å². The number of halogens is 1. The van der Waals surface area contributed by atoms with E-state index in [2.05, 4.69) is 5.32 Å². The molecule has 2 rings (SSSR count). The molecule has 1 aromatic carbocycles. The van der Waals surface area contributed by atoms with Crippen molar-refractivity contribution in [1.29, 1.82) is 0 Å². The maximum atomic E-state index is 12.4. The van der Waals surface area contributed by atoms with Crippen LogP contribution in [0.25, 0.3) is 10.9 Å². The SMILES string of the molecule is CNCCCn1c(=O)c2c(Cl)cccc2n(C)c1=O. The van der Waals surface area contributed by atoms with Crippen molar-refractivity contribution in [2.75, 3.05) is 13.6 Å². The van der Waals surface area contributed by atoms with Crippen molar-refractivity contribution in [3.05, 3.63) is 44.1 Å². The third-order valence-electron chi connectivity index (χ3n) is 3.14. The Morgan fingerprint density at radius 2 is 2.05 bits per heavy atom. The Labute approximate surface area is 115 Å². The number of aryl methyl sites for hydroxylation is 1. The van der Waals surface area contributed by atoms with Crippen LogP contribution in [0, 0.1) is 0 Å². The topological polar surface area (TPSA) is 56.0 Å². The zero-order valence-electron chi connectivity index (χ0n) is 10.9. The average molecular weight is 282 g/mol. The molecule has 0 unspecified atom stereocenters. The van der Waals surface area contributed by atoms with Crippen LogP contribution in [-0.4, -0.2) is 22.7 Å². The van der Waals surface area contributed by atoms with E-state index in [1.807, 2.05) is 7.05 Å². The molecule has 5 nitrogen and oxygen atoms in total. The standard InChI is InChI=1S/C13H16ClN3O2/c1-15-7-4-8-17-12(18)11-9(14)5-3-6-10(11)16(2)13(17)19/h3,5-6,15H,4,7-8H2,1-2H3. The Balaban J connectivity index is 2.69. The van der Waals surface area contributed by atoms with Crippen molar-refractivity contribution in [2.24, 2.45) is 7.05 Å². The predicted octanol–water partition coefficient (Wildman–Crippen LogP) is 0.963. The van der Waals surface area contributed by atoms with Gasteiger partial charge in [0.25, 0.3) is 5.56 Å². The van der Waals surface area contributed by atoms with Crippen LogP contribution >= 0.6 is 11.6 Å². The number of aromatic nitrogens is 2. The van der Waals surface area contributed by atoms with Gasteiger partial charge in [-0.1, -0.05) is 17.7 Å². The smallest absolute Gasteiger partial charge is 0.320 e. The van der Waals surface area contributed by atoms with Gasteiger partial charge in [0.2, 0.25) is 0 Å². The lowest BCUT2D eigenvalue weighted by molar-refractivity contribution is 0.560. The molecule has 1 heterocycles. The summed E-state index contributed by atoms with van der Waals surface area (Å²) < 4.78 is 2.70. The molecule has 0 radical (unpaired) electrons. The highest BCUT2D eigenvalue weighted by Gasteiger charge is 2.12. The molecule has 19 heavy (non-hydrogen) atoms. The molecule has 0 atom stereocenters. The van der Waals surface area contributed by atoms with E-state index in [0.29, 0.717) is 28.9 Å². The first-order chi connectivity index (χ1) is 9.07. The van der Waals surface area contributed by atoms with Crippen molar-refractivity contribution in [2.45, 2.75) is 13.0 Å². The van der Waals surface area contributed by atoms with E-state index < -0.39 is 0 Å². The molecular formula is C13H16ClN3O2. The van der Waals surface area contributed by atoms with Crippen LogP contribution in [0.4, 0.5) is 0 Å². The number of rotatable bonds is 4. The molecule has 1 N–H and O–H groups in total. The highest BCUT2D eigenvalue weighted by Crippen LogP contribution is 2.18. The van der Waals surface area contributed by atoms with Gasteiger partial charge in [-0.25, -0.2) is 4.79 Å². The first kappa shape index (κ1) is 13.8. The molecule has 6 heteroatoms. The first-order valence-corrected chi connectivity index (χ1v) is 6.48. The predicted molar refractivity (Wildman–Crippen MR) is 77.0 cm³/mol. The molecule has 0 saturated carbocycles. The lowest BCUT2D eigenvalue weighted by atomic mass is 10.2. The fourth-order valence-electron chi connectivity index (χ4n) is 2.12. The normalized spacial score (nSPS) is 11.1. The third kappa shape index (κ3) is 2.43. The van der Waals surface area contributed by atoms with Gasteiger partial charge in [0, 0.05) is 13.6 Å². The molecule has 2 aromatic rings. The molecule has 0 aliphatic heterocycles. The maximum Gasteiger partial charge on any atom is 0.331 e. The lowest BCUT2D eigenvalue weighted by Gasteiger charge is -2.11. The largest absolute Gasteiger partial charge is 0.331 e. The van der Waals surface area contributed by atoms with Crippen LogP contribution in [0.15, 0.2) is 27.8 Å². The summed E-state index contributed by atoms with van der Waals surface area (Å²) >= 11 is 6.08. The van der Waals surface area contributed by atoms with Crippen LogP contribution in [0.2, 0.25) is 5.02 Å². The van der Waals surface area contributed by atoms with E-state index in [1.165, 1.54) is 9.13 Å². The number of nitrogens with one attached hydrogen (secondary N) is 1. The lowest BCUT2D eigenvalue weighted by Crippen LogP contribution is -2.39. The van der Waals surface area contributed by atoms with Crippen LogP contribution in [-0.2, 0) is 13.6 Å². The zero-order valence-corrected chi connectivity index (χ0v) is 11.7. The van der Waals surface area contributed by atoms with E-state index in [4.69, 9.17) is 11.6 Å². The van der Waals surface area contributed by atoms with E-state index in [9.17, 15) is 9.59 Å². The zero-order chi connectivity index (χ0) is 14.0. The number of hydrogen-bond acceptors (Lipinski definition) is 3. The van der Waals surface area contributed by atoms with Gasteiger partial charge in [-0.3, -0.25) is 13.9 Å². The van der Waals surface area contributed by atoms with Gasteiger partial charge < -0.3 is 5.32 Å². The molecule has 0 bridgehead atoms. The number of benzene rings is 1. The van der Waals surface area contributed by atoms with Gasteiger partial charge in [0.05, 0.1) is 15.9 Å².